The van der Waals surface area contributed by atoms with Gasteiger partial charge in [0.05, 0.1) is 5.92 Å². The van der Waals surface area contributed by atoms with E-state index in [1.165, 1.54) is 0 Å². The molecule has 7 nitrogen and oxygen atoms in total. The number of carbonyl (C=O) groups is 1. The zero-order valence-corrected chi connectivity index (χ0v) is 16.5. The summed E-state index contributed by atoms with van der Waals surface area (Å²) in [5.41, 5.74) is 0. The Morgan fingerprint density at radius 2 is 1.67 bits per heavy atom. The molecule has 1 aromatic heterocycles. The summed E-state index contributed by atoms with van der Waals surface area (Å²) in [6.45, 7) is 7.87. The van der Waals surface area contributed by atoms with Gasteiger partial charge in [-0.05, 0) is 45.3 Å². The van der Waals surface area contributed by atoms with Gasteiger partial charge >= 0.3 is 0 Å². The van der Waals surface area contributed by atoms with Crippen LogP contribution >= 0.6 is 0 Å². The smallest absolute Gasteiger partial charge is 0.227 e. The van der Waals surface area contributed by atoms with Crippen LogP contribution < -0.4 is 4.90 Å². The summed E-state index contributed by atoms with van der Waals surface area (Å²) in [5.74, 6) is 1.43. The molecule has 0 saturated carbocycles. The lowest BCUT2D eigenvalue weighted by molar-refractivity contribution is -0.139. The van der Waals surface area contributed by atoms with Crippen molar-refractivity contribution in [2.75, 3.05) is 64.3 Å². The van der Waals surface area contributed by atoms with Crippen LogP contribution in [0.4, 0.5) is 5.95 Å². The molecule has 0 aliphatic carbocycles. The number of aromatic nitrogens is 2. The Labute approximate surface area is 162 Å². The van der Waals surface area contributed by atoms with Crippen LogP contribution in [0, 0.1) is 5.92 Å². The molecule has 1 unspecified atom stereocenters. The van der Waals surface area contributed by atoms with Crippen molar-refractivity contribution in [3.8, 4) is 0 Å². The minimum Gasteiger partial charge on any atom is -0.341 e. The van der Waals surface area contributed by atoms with E-state index in [1.807, 2.05) is 18.5 Å². The molecule has 27 heavy (non-hydrogen) atoms. The summed E-state index contributed by atoms with van der Waals surface area (Å²) in [5, 5.41) is 0. The Kier molecular flexibility index (Phi) is 5.88. The number of amides is 1. The summed E-state index contributed by atoms with van der Waals surface area (Å²) >= 11 is 0. The number of nitrogens with zero attached hydrogens (tertiary/aromatic N) is 6. The highest BCUT2D eigenvalue weighted by atomic mass is 16.2. The number of likely N-dealkylation sites (tertiary alicyclic amines) is 1. The highest BCUT2D eigenvalue weighted by molar-refractivity contribution is 5.79. The molecule has 7 heteroatoms. The number of anilines is 1. The standard InChI is InChI=1S/C20H32N6O/c1-23-12-14-24(15-13-23)19(27)17-4-2-9-26(16-17)18-5-10-25(11-6-18)20-21-7-3-8-22-20/h3,7-8,17-18H,2,4-6,9-16H2,1H3. The first-order valence-corrected chi connectivity index (χ1v) is 10.4. The van der Waals surface area contributed by atoms with Gasteiger partial charge in [-0.2, -0.15) is 0 Å². The van der Waals surface area contributed by atoms with E-state index in [2.05, 4.69) is 36.6 Å². The molecule has 0 bridgehead atoms. The summed E-state index contributed by atoms with van der Waals surface area (Å²) in [4.78, 5) is 31.0. The van der Waals surface area contributed by atoms with Gasteiger partial charge < -0.3 is 14.7 Å². The molecule has 148 valence electrons. The lowest BCUT2D eigenvalue weighted by atomic mass is 9.92. The Balaban J connectivity index is 1.29. The molecule has 0 aromatic carbocycles. The van der Waals surface area contributed by atoms with Crippen LogP contribution in [0.15, 0.2) is 18.5 Å². The lowest BCUT2D eigenvalue weighted by Gasteiger charge is -2.43. The number of hydrogen-bond donors (Lipinski definition) is 0. The van der Waals surface area contributed by atoms with Crippen LogP contribution in [-0.2, 0) is 4.79 Å². The minimum absolute atomic E-state index is 0.192. The van der Waals surface area contributed by atoms with Crippen LogP contribution in [0.2, 0.25) is 0 Å². The van der Waals surface area contributed by atoms with Gasteiger partial charge in [0, 0.05) is 64.2 Å². The quantitative estimate of drug-likeness (QED) is 0.787. The molecule has 3 aliphatic heterocycles. The van der Waals surface area contributed by atoms with E-state index in [1.54, 1.807) is 0 Å². The molecule has 4 rings (SSSR count). The van der Waals surface area contributed by atoms with E-state index in [0.29, 0.717) is 11.9 Å². The van der Waals surface area contributed by atoms with Crippen LogP contribution in [0.25, 0.3) is 0 Å². The van der Waals surface area contributed by atoms with Gasteiger partial charge in [0.1, 0.15) is 0 Å². The van der Waals surface area contributed by atoms with Crippen molar-refractivity contribution in [2.45, 2.75) is 31.7 Å². The number of piperidine rings is 2. The molecule has 3 fully saturated rings. The van der Waals surface area contributed by atoms with E-state index in [0.717, 1.165) is 84.0 Å². The Morgan fingerprint density at radius 1 is 0.963 bits per heavy atom. The SMILES string of the molecule is CN1CCN(C(=O)C2CCCN(C3CCN(c4ncccn4)CC3)C2)CC1. The molecular formula is C20H32N6O. The summed E-state index contributed by atoms with van der Waals surface area (Å²) in [6.07, 6.45) is 8.09. The molecule has 0 spiro atoms. The van der Waals surface area contributed by atoms with Crippen molar-refractivity contribution >= 4 is 11.9 Å². The van der Waals surface area contributed by atoms with Crippen molar-refractivity contribution < 1.29 is 4.79 Å². The third-order valence-electron chi connectivity index (χ3n) is 6.43. The fourth-order valence-electron chi connectivity index (χ4n) is 4.71. The molecule has 3 saturated heterocycles. The van der Waals surface area contributed by atoms with Crippen LogP contribution in [0.1, 0.15) is 25.7 Å². The second kappa shape index (κ2) is 8.52. The predicted octanol–water partition coefficient (Wildman–Crippen LogP) is 0.931. The average Bonchev–Trinajstić information content (AvgIpc) is 2.75. The number of piperazine rings is 1. The molecule has 0 radical (unpaired) electrons. The van der Waals surface area contributed by atoms with Gasteiger partial charge in [-0.25, -0.2) is 9.97 Å². The van der Waals surface area contributed by atoms with Crippen molar-refractivity contribution in [3.63, 3.8) is 0 Å². The van der Waals surface area contributed by atoms with E-state index in [4.69, 9.17) is 0 Å². The van der Waals surface area contributed by atoms with Crippen LogP contribution in [0.3, 0.4) is 0 Å². The first-order chi connectivity index (χ1) is 13.2. The molecule has 1 aromatic rings. The van der Waals surface area contributed by atoms with Crippen molar-refractivity contribution in [2.24, 2.45) is 5.92 Å². The monoisotopic (exact) mass is 372 g/mol. The van der Waals surface area contributed by atoms with Crippen LogP contribution in [0.5, 0.6) is 0 Å². The van der Waals surface area contributed by atoms with Gasteiger partial charge in [0.15, 0.2) is 0 Å². The maximum atomic E-state index is 13.0. The summed E-state index contributed by atoms with van der Waals surface area (Å²) in [6, 6.07) is 2.45. The first-order valence-electron chi connectivity index (χ1n) is 10.4. The zero-order chi connectivity index (χ0) is 18.6. The second-order valence-corrected chi connectivity index (χ2v) is 8.23. The van der Waals surface area contributed by atoms with Gasteiger partial charge in [-0.1, -0.05) is 0 Å². The van der Waals surface area contributed by atoms with Crippen LogP contribution in [-0.4, -0.2) is 96.0 Å². The predicted molar refractivity (Wildman–Crippen MR) is 106 cm³/mol. The molecule has 3 aliphatic rings. The van der Waals surface area contributed by atoms with Gasteiger partial charge in [-0.15, -0.1) is 0 Å². The van der Waals surface area contributed by atoms with Gasteiger partial charge in [-0.3, -0.25) is 9.69 Å². The fourth-order valence-corrected chi connectivity index (χ4v) is 4.71. The second-order valence-electron chi connectivity index (χ2n) is 8.23. The normalized spacial score (nSPS) is 26.3. The number of hydrogen-bond acceptors (Lipinski definition) is 6. The van der Waals surface area contributed by atoms with E-state index in [-0.39, 0.29) is 5.92 Å². The maximum absolute atomic E-state index is 13.0. The number of rotatable bonds is 3. The maximum Gasteiger partial charge on any atom is 0.227 e. The largest absolute Gasteiger partial charge is 0.341 e. The van der Waals surface area contributed by atoms with Gasteiger partial charge in [0.25, 0.3) is 0 Å². The molecular weight excluding hydrogens is 340 g/mol. The van der Waals surface area contributed by atoms with Gasteiger partial charge in [0.2, 0.25) is 11.9 Å². The highest BCUT2D eigenvalue weighted by Gasteiger charge is 2.34. The molecule has 1 amide bonds. The summed E-state index contributed by atoms with van der Waals surface area (Å²) < 4.78 is 0. The van der Waals surface area contributed by atoms with Crippen molar-refractivity contribution in [1.29, 1.82) is 0 Å². The van der Waals surface area contributed by atoms with E-state index < -0.39 is 0 Å². The lowest BCUT2D eigenvalue weighted by Crippen LogP contribution is -2.54. The number of carbonyl (C=O) groups excluding carboxylic acids is 1. The third kappa shape index (κ3) is 4.41. The zero-order valence-electron chi connectivity index (χ0n) is 16.5. The van der Waals surface area contributed by atoms with E-state index >= 15 is 0 Å². The average molecular weight is 373 g/mol. The topological polar surface area (TPSA) is 55.8 Å². The van der Waals surface area contributed by atoms with Crippen molar-refractivity contribution in [1.82, 2.24) is 24.7 Å². The third-order valence-corrected chi connectivity index (χ3v) is 6.43. The first kappa shape index (κ1) is 18.6. The van der Waals surface area contributed by atoms with E-state index in [9.17, 15) is 4.79 Å². The molecule has 1 atom stereocenters. The number of likely N-dealkylation sites (N-methyl/N-ethyl adjacent to an activating group) is 1. The Morgan fingerprint density at radius 3 is 2.37 bits per heavy atom. The fraction of sp³-hybridized carbons (Fsp3) is 0.750. The van der Waals surface area contributed by atoms with Crippen molar-refractivity contribution in [3.05, 3.63) is 18.5 Å². The molecule has 4 heterocycles. The molecule has 0 N–H and O–H groups in total. The Bertz CT molecular complexity index is 610. The minimum atomic E-state index is 0.192. The summed E-state index contributed by atoms with van der Waals surface area (Å²) in [7, 11) is 2.14. The Hall–Kier alpha value is -1.73. The highest BCUT2D eigenvalue weighted by Crippen LogP contribution is 2.26.